The van der Waals surface area contributed by atoms with E-state index in [2.05, 4.69) is 0 Å². The number of nitrogens with zero attached hydrogens (tertiary/aromatic N) is 1. The first-order valence-electron chi connectivity index (χ1n) is 4.36. The molecular weight excluding hydrogens is 195 g/mol. The van der Waals surface area contributed by atoms with Gasteiger partial charge in [0.25, 0.3) is 0 Å². The molecule has 84 valence electrons. The fourth-order valence-electron chi connectivity index (χ4n) is 0.969. The van der Waals surface area contributed by atoms with Crippen LogP contribution in [0.2, 0.25) is 0 Å². The molecule has 0 radical (unpaired) electrons. The van der Waals surface area contributed by atoms with Crippen LogP contribution >= 0.6 is 0 Å². The van der Waals surface area contributed by atoms with E-state index < -0.39 is 18.0 Å². The minimum absolute atomic E-state index is 0.276. The number of rotatable bonds is 2. The molecule has 0 aliphatic rings. The number of alkyl halides is 3. The van der Waals surface area contributed by atoms with Gasteiger partial charge in [-0.3, -0.25) is 4.79 Å². The molecule has 0 bridgehead atoms. The minimum atomic E-state index is -4.20. The van der Waals surface area contributed by atoms with E-state index in [1.165, 1.54) is 7.05 Å². The van der Waals surface area contributed by atoms with Gasteiger partial charge in [-0.05, 0) is 0 Å². The van der Waals surface area contributed by atoms with Crippen molar-refractivity contribution in [3.63, 3.8) is 0 Å². The van der Waals surface area contributed by atoms with Gasteiger partial charge in [-0.15, -0.1) is 0 Å². The van der Waals surface area contributed by atoms with Crippen molar-refractivity contribution in [3.8, 4) is 0 Å². The maximum absolute atomic E-state index is 11.8. The van der Waals surface area contributed by atoms with E-state index in [1.807, 2.05) is 0 Å². The quantitative estimate of drug-likeness (QED) is 0.687. The Hall–Kier alpha value is -0.740. The van der Waals surface area contributed by atoms with Crippen molar-refractivity contribution in [3.05, 3.63) is 0 Å². The highest BCUT2D eigenvalue weighted by Crippen LogP contribution is 2.21. The summed E-state index contributed by atoms with van der Waals surface area (Å²) < 4.78 is 35.5. The molecular formula is C9H16F3NO. The van der Waals surface area contributed by atoms with Crippen molar-refractivity contribution in [1.29, 1.82) is 0 Å². The maximum Gasteiger partial charge on any atom is 0.390 e. The van der Waals surface area contributed by atoms with Gasteiger partial charge in [-0.2, -0.15) is 13.2 Å². The van der Waals surface area contributed by atoms with E-state index in [1.54, 1.807) is 20.8 Å². The highest BCUT2D eigenvalue weighted by molar-refractivity contribution is 5.81. The Bertz CT molecular complexity index is 205. The average Bonchev–Trinajstić information content (AvgIpc) is 1.95. The topological polar surface area (TPSA) is 20.3 Å². The summed E-state index contributed by atoms with van der Waals surface area (Å²) in [4.78, 5) is 12.6. The van der Waals surface area contributed by atoms with Crippen molar-refractivity contribution < 1.29 is 18.0 Å². The predicted octanol–water partition coefficient (Wildman–Crippen LogP) is 2.44. The van der Waals surface area contributed by atoms with E-state index in [0.29, 0.717) is 0 Å². The number of halogens is 3. The van der Waals surface area contributed by atoms with E-state index >= 15 is 0 Å². The molecule has 0 heterocycles. The van der Waals surface area contributed by atoms with E-state index in [-0.39, 0.29) is 12.5 Å². The second kappa shape index (κ2) is 4.19. The Morgan fingerprint density at radius 1 is 1.21 bits per heavy atom. The smallest absolute Gasteiger partial charge is 0.345 e. The molecule has 0 saturated carbocycles. The van der Waals surface area contributed by atoms with Crippen molar-refractivity contribution in [2.75, 3.05) is 13.6 Å². The van der Waals surface area contributed by atoms with Gasteiger partial charge in [0.15, 0.2) is 0 Å². The maximum atomic E-state index is 11.8. The lowest BCUT2D eigenvalue weighted by Gasteiger charge is -2.26. The van der Waals surface area contributed by atoms with Crippen molar-refractivity contribution in [2.45, 2.75) is 33.4 Å². The third-order valence-electron chi connectivity index (χ3n) is 1.72. The van der Waals surface area contributed by atoms with Crippen molar-refractivity contribution >= 4 is 5.91 Å². The standard InChI is InChI=1S/C9H16F3NO/c1-8(2,3)7(14)13(4)6-5-9(10,11)12/h5-6H2,1-4H3. The second-order valence-electron chi connectivity index (χ2n) is 4.34. The highest BCUT2D eigenvalue weighted by Gasteiger charge is 2.30. The minimum Gasteiger partial charge on any atom is -0.345 e. The summed E-state index contributed by atoms with van der Waals surface area (Å²) in [6.07, 6.45) is -5.16. The molecule has 0 atom stereocenters. The van der Waals surface area contributed by atoms with Gasteiger partial charge in [0, 0.05) is 19.0 Å². The first-order chi connectivity index (χ1) is 6.04. The van der Waals surface area contributed by atoms with Gasteiger partial charge >= 0.3 is 6.18 Å². The van der Waals surface area contributed by atoms with Gasteiger partial charge in [0.2, 0.25) is 5.91 Å². The molecule has 0 aromatic heterocycles. The zero-order valence-corrected chi connectivity index (χ0v) is 8.90. The third-order valence-corrected chi connectivity index (χ3v) is 1.72. The van der Waals surface area contributed by atoms with E-state index in [9.17, 15) is 18.0 Å². The molecule has 0 N–H and O–H groups in total. The third kappa shape index (κ3) is 5.09. The molecule has 5 heteroatoms. The van der Waals surface area contributed by atoms with Gasteiger partial charge in [-0.1, -0.05) is 20.8 Å². The number of hydrogen-bond donors (Lipinski definition) is 0. The predicted molar refractivity (Wildman–Crippen MR) is 47.8 cm³/mol. The molecule has 0 unspecified atom stereocenters. The van der Waals surface area contributed by atoms with Crippen LogP contribution < -0.4 is 0 Å². The van der Waals surface area contributed by atoms with Crippen LogP contribution in [-0.2, 0) is 4.79 Å². The molecule has 0 aromatic rings. The van der Waals surface area contributed by atoms with Crippen LogP contribution in [0.1, 0.15) is 27.2 Å². The fourth-order valence-corrected chi connectivity index (χ4v) is 0.969. The van der Waals surface area contributed by atoms with Gasteiger partial charge < -0.3 is 4.90 Å². The van der Waals surface area contributed by atoms with Crippen molar-refractivity contribution in [1.82, 2.24) is 4.90 Å². The molecule has 2 nitrogen and oxygen atoms in total. The normalized spacial score (nSPS) is 12.8. The molecule has 0 saturated heterocycles. The largest absolute Gasteiger partial charge is 0.390 e. The Labute approximate surface area is 82.1 Å². The summed E-state index contributed by atoms with van der Waals surface area (Å²) in [5.74, 6) is -0.276. The monoisotopic (exact) mass is 211 g/mol. The Morgan fingerprint density at radius 2 is 1.64 bits per heavy atom. The highest BCUT2D eigenvalue weighted by atomic mass is 19.4. The van der Waals surface area contributed by atoms with Crippen LogP contribution in [0.15, 0.2) is 0 Å². The van der Waals surface area contributed by atoms with Crippen LogP contribution in [0, 0.1) is 5.41 Å². The van der Waals surface area contributed by atoms with Gasteiger partial charge in [0.05, 0.1) is 6.42 Å². The lowest BCUT2D eigenvalue weighted by molar-refractivity contribution is -0.148. The summed E-state index contributed by atoms with van der Waals surface area (Å²) in [6, 6.07) is 0. The Morgan fingerprint density at radius 3 is 1.93 bits per heavy atom. The SMILES string of the molecule is CN(CCC(F)(F)F)C(=O)C(C)(C)C. The summed E-state index contributed by atoms with van der Waals surface area (Å²) in [5.41, 5.74) is -0.625. The summed E-state index contributed by atoms with van der Waals surface area (Å²) in [6.45, 7) is 4.76. The summed E-state index contributed by atoms with van der Waals surface area (Å²) in [5, 5.41) is 0. The zero-order valence-electron chi connectivity index (χ0n) is 8.90. The first-order valence-corrected chi connectivity index (χ1v) is 4.36. The van der Waals surface area contributed by atoms with Gasteiger partial charge in [0.1, 0.15) is 0 Å². The number of carbonyl (C=O) groups excluding carboxylic acids is 1. The van der Waals surface area contributed by atoms with Crippen LogP contribution in [0.3, 0.4) is 0 Å². The number of carbonyl (C=O) groups is 1. The first kappa shape index (κ1) is 13.3. The lowest BCUT2D eigenvalue weighted by Crippen LogP contribution is -2.38. The van der Waals surface area contributed by atoms with Gasteiger partial charge in [-0.25, -0.2) is 0 Å². The van der Waals surface area contributed by atoms with E-state index in [4.69, 9.17) is 0 Å². The molecule has 0 aliphatic heterocycles. The van der Waals surface area contributed by atoms with Crippen LogP contribution in [0.25, 0.3) is 0 Å². The van der Waals surface area contributed by atoms with Crippen LogP contribution in [0.5, 0.6) is 0 Å². The fraction of sp³-hybridized carbons (Fsp3) is 0.889. The lowest BCUT2D eigenvalue weighted by atomic mass is 9.95. The second-order valence-corrected chi connectivity index (χ2v) is 4.34. The molecule has 14 heavy (non-hydrogen) atoms. The molecule has 0 fully saturated rings. The summed E-state index contributed by atoms with van der Waals surface area (Å²) in [7, 11) is 1.39. The molecule has 0 spiro atoms. The summed E-state index contributed by atoms with van der Waals surface area (Å²) >= 11 is 0. The van der Waals surface area contributed by atoms with E-state index in [0.717, 1.165) is 4.90 Å². The molecule has 0 aliphatic carbocycles. The number of hydrogen-bond acceptors (Lipinski definition) is 1. The average molecular weight is 211 g/mol. The number of amides is 1. The van der Waals surface area contributed by atoms with Crippen molar-refractivity contribution in [2.24, 2.45) is 5.41 Å². The Balaban J connectivity index is 4.11. The van der Waals surface area contributed by atoms with Crippen LogP contribution in [0.4, 0.5) is 13.2 Å². The molecule has 0 rings (SSSR count). The zero-order chi connectivity index (χ0) is 11.6. The molecule has 0 aromatic carbocycles. The molecule has 1 amide bonds. The van der Waals surface area contributed by atoms with Crippen LogP contribution in [-0.4, -0.2) is 30.6 Å². The Kier molecular flexibility index (Phi) is 3.97.